The van der Waals surface area contributed by atoms with Crippen LogP contribution >= 0.6 is 23.2 Å². The molecule has 0 unspecified atom stereocenters. The van der Waals surface area contributed by atoms with E-state index in [-0.39, 0.29) is 0 Å². The molecule has 0 aliphatic carbocycles. The Kier molecular flexibility index (Phi) is 6.49. The lowest BCUT2D eigenvalue weighted by molar-refractivity contribution is 0.285. The molecule has 0 saturated carbocycles. The molecule has 5 heteroatoms. The number of nitrogens with one attached hydrogen (secondary N) is 1. The van der Waals surface area contributed by atoms with E-state index in [4.69, 9.17) is 32.7 Å². The van der Waals surface area contributed by atoms with Gasteiger partial charge in [0.25, 0.3) is 0 Å². The zero-order valence-corrected chi connectivity index (χ0v) is 16.8. The Morgan fingerprint density at radius 3 is 2.37 bits per heavy atom. The molecule has 0 saturated heterocycles. The number of methoxy groups -OCH3 is 1. The standard InChI is InChI=1S/C22H21Cl2NO2/c1-3-16-11-7-8-12-18(16)25-21-17(23)13-19(22(26-2)20(21)24)27-14-15-9-5-4-6-10-15/h4-13,25H,3,14H2,1-2H3. The molecule has 3 rings (SSSR count). The minimum atomic E-state index is 0.388. The van der Waals surface area contributed by atoms with E-state index in [1.165, 1.54) is 5.56 Å². The summed E-state index contributed by atoms with van der Waals surface area (Å²) in [5.74, 6) is 0.958. The summed E-state index contributed by atoms with van der Waals surface area (Å²) in [6.07, 6.45) is 0.897. The summed E-state index contributed by atoms with van der Waals surface area (Å²) in [5, 5.41) is 4.19. The Bertz CT molecular complexity index is 914. The highest BCUT2D eigenvalue weighted by Gasteiger charge is 2.19. The lowest BCUT2D eigenvalue weighted by Gasteiger charge is -2.18. The van der Waals surface area contributed by atoms with Gasteiger partial charge in [0.15, 0.2) is 11.5 Å². The van der Waals surface area contributed by atoms with Crippen LogP contribution in [0.15, 0.2) is 60.7 Å². The van der Waals surface area contributed by atoms with E-state index in [0.717, 1.165) is 17.7 Å². The Balaban J connectivity index is 1.90. The Morgan fingerprint density at radius 2 is 1.67 bits per heavy atom. The van der Waals surface area contributed by atoms with Gasteiger partial charge in [0.05, 0.1) is 17.8 Å². The molecule has 3 nitrogen and oxygen atoms in total. The molecule has 0 radical (unpaired) electrons. The van der Waals surface area contributed by atoms with E-state index >= 15 is 0 Å². The maximum Gasteiger partial charge on any atom is 0.181 e. The summed E-state index contributed by atoms with van der Waals surface area (Å²) in [6.45, 7) is 2.50. The molecule has 0 aliphatic heterocycles. The average Bonchev–Trinajstić information content (AvgIpc) is 2.70. The van der Waals surface area contributed by atoms with E-state index in [9.17, 15) is 0 Å². The molecule has 0 fully saturated rings. The number of halogens is 2. The Morgan fingerprint density at radius 1 is 0.963 bits per heavy atom. The van der Waals surface area contributed by atoms with Gasteiger partial charge >= 0.3 is 0 Å². The minimum absolute atomic E-state index is 0.388. The molecule has 0 atom stereocenters. The van der Waals surface area contributed by atoms with Gasteiger partial charge in [0.1, 0.15) is 11.6 Å². The summed E-state index contributed by atoms with van der Waals surface area (Å²) in [5.41, 5.74) is 3.78. The zero-order chi connectivity index (χ0) is 19.2. The fourth-order valence-corrected chi connectivity index (χ4v) is 3.42. The zero-order valence-electron chi connectivity index (χ0n) is 15.3. The third kappa shape index (κ3) is 4.49. The second-order valence-corrected chi connectivity index (χ2v) is 6.77. The maximum atomic E-state index is 6.59. The first-order valence-corrected chi connectivity index (χ1v) is 9.47. The fourth-order valence-electron chi connectivity index (χ4n) is 2.81. The monoisotopic (exact) mass is 401 g/mol. The highest BCUT2D eigenvalue weighted by Crippen LogP contribution is 2.46. The van der Waals surface area contributed by atoms with Gasteiger partial charge in [-0.3, -0.25) is 0 Å². The van der Waals surface area contributed by atoms with Crippen molar-refractivity contribution in [2.24, 2.45) is 0 Å². The van der Waals surface area contributed by atoms with Crippen molar-refractivity contribution in [1.82, 2.24) is 0 Å². The summed E-state index contributed by atoms with van der Waals surface area (Å²) in [7, 11) is 1.56. The molecule has 3 aromatic carbocycles. The van der Waals surface area contributed by atoms with Crippen molar-refractivity contribution in [2.75, 3.05) is 12.4 Å². The first-order valence-electron chi connectivity index (χ1n) is 8.71. The van der Waals surface area contributed by atoms with Gasteiger partial charge in [-0.15, -0.1) is 0 Å². The van der Waals surface area contributed by atoms with Crippen molar-refractivity contribution >= 4 is 34.6 Å². The Hall–Kier alpha value is -2.36. The third-order valence-electron chi connectivity index (χ3n) is 4.24. The molecule has 0 heterocycles. The lowest BCUT2D eigenvalue weighted by Crippen LogP contribution is -2.01. The van der Waals surface area contributed by atoms with Crippen LogP contribution < -0.4 is 14.8 Å². The average molecular weight is 402 g/mol. The predicted octanol–water partition coefficient (Wildman–Crippen LogP) is 6.89. The van der Waals surface area contributed by atoms with Crippen molar-refractivity contribution in [2.45, 2.75) is 20.0 Å². The smallest absolute Gasteiger partial charge is 0.181 e. The van der Waals surface area contributed by atoms with Crippen LogP contribution in [0.5, 0.6) is 11.5 Å². The molecule has 27 heavy (non-hydrogen) atoms. The molecule has 0 aliphatic rings. The van der Waals surface area contributed by atoms with Crippen molar-refractivity contribution in [3.8, 4) is 11.5 Å². The molecular weight excluding hydrogens is 381 g/mol. The van der Waals surface area contributed by atoms with E-state index in [0.29, 0.717) is 33.8 Å². The van der Waals surface area contributed by atoms with Gasteiger partial charge in [0.2, 0.25) is 0 Å². The molecule has 140 valence electrons. The van der Waals surface area contributed by atoms with Gasteiger partial charge in [-0.2, -0.15) is 0 Å². The van der Waals surface area contributed by atoms with Crippen LogP contribution in [-0.4, -0.2) is 7.11 Å². The van der Waals surface area contributed by atoms with E-state index in [2.05, 4.69) is 18.3 Å². The molecule has 0 aromatic heterocycles. The topological polar surface area (TPSA) is 30.5 Å². The van der Waals surface area contributed by atoms with E-state index in [1.807, 2.05) is 48.5 Å². The number of benzene rings is 3. The SMILES string of the molecule is CCc1ccccc1Nc1c(Cl)cc(OCc2ccccc2)c(OC)c1Cl. The quantitative estimate of drug-likeness (QED) is 0.467. The van der Waals surface area contributed by atoms with Gasteiger partial charge in [-0.1, -0.05) is 78.7 Å². The van der Waals surface area contributed by atoms with Crippen LogP contribution in [0.2, 0.25) is 10.0 Å². The molecule has 0 bridgehead atoms. The van der Waals surface area contributed by atoms with E-state index in [1.54, 1.807) is 13.2 Å². The number of para-hydroxylation sites is 1. The van der Waals surface area contributed by atoms with Gasteiger partial charge in [-0.05, 0) is 23.6 Å². The number of ether oxygens (including phenoxy) is 2. The minimum Gasteiger partial charge on any atom is -0.491 e. The predicted molar refractivity (Wildman–Crippen MR) is 113 cm³/mol. The van der Waals surface area contributed by atoms with Crippen molar-refractivity contribution in [1.29, 1.82) is 0 Å². The number of aryl methyl sites for hydroxylation is 1. The normalized spacial score (nSPS) is 10.5. The largest absolute Gasteiger partial charge is 0.491 e. The van der Waals surface area contributed by atoms with Crippen LogP contribution in [0.3, 0.4) is 0 Å². The van der Waals surface area contributed by atoms with Crippen molar-refractivity contribution in [3.05, 3.63) is 81.8 Å². The molecule has 0 spiro atoms. The first-order chi connectivity index (χ1) is 13.1. The summed E-state index contributed by atoms with van der Waals surface area (Å²) in [6, 6.07) is 19.7. The van der Waals surface area contributed by atoms with Crippen LogP contribution in [0, 0.1) is 0 Å². The number of rotatable bonds is 7. The van der Waals surface area contributed by atoms with Crippen molar-refractivity contribution < 1.29 is 9.47 Å². The summed E-state index contributed by atoms with van der Waals surface area (Å²) >= 11 is 13.1. The number of hydrogen-bond acceptors (Lipinski definition) is 3. The third-order valence-corrected chi connectivity index (χ3v) is 4.90. The van der Waals surface area contributed by atoms with Crippen LogP contribution in [-0.2, 0) is 13.0 Å². The number of anilines is 2. The van der Waals surface area contributed by atoms with Gasteiger partial charge in [-0.25, -0.2) is 0 Å². The first kappa shape index (κ1) is 19.4. The fraction of sp³-hybridized carbons (Fsp3) is 0.182. The molecular formula is C22H21Cl2NO2. The Labute approximate surface area is 169 Å². The molecule has 1 N–H and O–H groups in total. The van der Waals surface area contributed by atoms with Crippen LogP contribution in [0.25, 0.3) is 0 Å². The maximum absolute atomic E-state index is 6.59. The van der Waals surface area contributed by atoms with Crippen LogP contribution in [0.1, 0.15) is 18.1 Å². The lowest BCUT2D eigenvalue weighted by atomic mass is 10.1. The van der Waals surface area contributed by atoms with Crippen LogP contribution in [0.4, 0.5) is 11.4 Å². The highest BCUT2D eigenvalue weighted by atomic mass is 35.5. The second kappa shape index (κ2) is 9.03. The molecule has 0 amide bonds. The number of hydrogen-bond donors (Lipinski definition) is 1. The van der Waals surface area contributed by atoms with Gasteiger partial charge < -0.3 is 14.8 Å². The molecule has 3 aromatic rings. The summed E-state index contributed by atoms with van der Waals surface area (Å²) < 4.78 is 11.4. The van der Waals surface area contributed by atoms with Crippen molar-refractivity contribution in [3.63, 3.8) is 0 Å². The van der Waals surface area contributed by atoms with E-state index < -0.39 is 0 Å². The highest BCUT2D eigenvalue weighted by molar-refractivity contribution is 6.40. The van der Waals surface area contributed by atoms with Gasteiger partial charge in [0, 0.05) is 11.8 Å². The second-order valence-electron chi connectivity index (χ2n) is 5.99. The summed E-state index contributed by atoms with van der Waals surface area (Å²) in [4.78, 5) is 0.